The predicted molar refractivity (Wildman–Crippen MR) is 124 cm³/mol. The molecule has 0 aromatic heterocycles. The van der Waals surface area contributed by atoms with Crippen molar-refractivity contribution in [3.8, 4) is 11.5 Å². The van der Waals surface area contributed by atoms with E-state index in [9.17, 15) is 10.2 Å². The molecule has 7 rings (SSSR count). The molecular formula is C28H33NO4. The summed E-state index contributed by atoms with van der Waals surface area (Å²) in [5, 5.41) is 22.7. The summed E-state index contributed by atoms with van der Waals surface area (Å²) in [5.74, 6) is 2.43. The Morgan fingerprint density at radius 3 is 2.70 bits per heavy atom. The van der Waals surface area contributed by atoms with Gasteiger partial charge in [0.2, 0.25) is 0 Å². The van der Waals surface area contributed by atoms with E-state index < -0.39 is 11.0 Å². The zero-order chi connectivity index (χ0) is 22.2. The third-order valence-electron chi connectivity index (χ3n) is 9.34. The third kappa shape index (κ3) is 2.76. The SMILES string of the molecule is OC[C@H]1CC[C@@]2(O)[C@H]3Cc4ccc(OCc5ccccc5)c5c4[C@@]2(CCN3CC2CC2)[C@H]1O5. The number of piperidine rings is 1. The van der Waals surface area contributed by atoms with Crippen LogP contribution in [0.15, 0.2) is 42.5 Å². The molecule has 2 aromatic rings. The van der Waals surface area contributed by atoms with Crippen molar-refractivity contribution in [3.63, 3.8) is 0 Å². The van der Waals surface area contributed by atoms with Gasteiger partial charge in [-0.1, -0.05) is 36.4 Å². The molecule has 174 valence electrons. The highest BCUT2D eigenvalue weighted by molar-refractivity contribution is 5.62. The number of likely N-dealkylation sites (tertiary alicyclic amines) is 1. The van der Waals surface area contributed by atoms with E-state index in [1.54, 1.807) is 0 Å². The van der Waals surface area contributed by atoms with Crippen LogP contribution < -0.4 is 9.47 Å². The van der Waals surface area contributed by atoms with Gasteiger partial charge in [0.15, 0.2) is 11.5 Å². The number of hydrogen-bond donors (Lipinski definition) is 2. The molecule has 0 radical (unpaired) electrons. The Bertz CT molecular complexity index is 1070. The van der Waals surface area contributed by atoms with Crippen molar-refractivity contribution >= 4 is 0 Å². The van der Waals surface area contributed by atoms with Gasteiger partial charge in [-0.15, -0.1) is 0 Å². The summed E-state index contributed by atoms with van der Waals surface area (Å²) in [4.78, 5) is 2.58. The summed E-state index contributed by atoms with van der Waals surface area (Å²) in [6.45, 7) is 2.69. The van der Waals surface area contributed by atoms with Gasteiger partial charge in [-0.25, -0.2) is 0 Å². The molecule has 5 aliphatic rings. The van der Waals surface area contributed by atoms with Crippen molar-refractivity contribution in [1.29, 1.82) is 0 Å². The monoisotopic (exact) mass is 447 g/mol. The fourth-order valence-electron chi connectivity index (χ4n) is 7.61. The van der Waals surface area contributed by atoms with E-state index in [1.807, 2.05) is 18.2 Å². The number of aliphatic hydroxyl groups excluding tert-OH is 1. The molecule has 2 heterocycles. The van der Waals surface area contributed by atoms with E-state index in [4.69, 9.17) is 9.47 Å². The molecular weight excluding hydrogens is 414 g/mol. The van der Waals surface area contributed by atoms with Crippen LogP contribution in [-0.2, 0) is 18.4 Å². The first kappa shape index (κ1) is 20.3. The van der Waals surface area contributed by atoms with Crippen LogP contribution in [0, 0.1) is 11.8 Å². The lowest BCUT2D eigenvalue weighted by Crippen LogP contribution is -2.76. The molecule has 2 aromatic carbocycles. The Balaban J connectivity index is 1.32. The molecule has 5 heteroatoms. The van der Waals surface area contributed by atoms with Gasteiger partial charge in [0, 0.05) is 30.7 Å². The maximum atomic E-state index is 12.5. The second kappa shape index (κ2) is 7.21. The number of aliphatic hydroxyl groups is 2. The van der Waals surface area contributed by atoms with Gasteiger partial charge in [-0.05, 0) is 68.2 Å². The molecule has 0 amide bonds. The summed E-state index contributed by atoms with van der Waals surface area (Å²) in [6.07, 6.45) is 5.75. The van der Waals surface area contributed by atoms with Crippen molar-refractivity contribution in [3.05, 3.63) is 59.2 Å². The largest absolute Gasteiger partial charge is 0.485 e. The summed E-state index contributed by atoms with van der Waals surface area (Å²) in [7, 11) is 0. The second-order valence-electron chi connectivity index (χ2n) is 11.0. The van der Waals surface area contributed by atoms with Gasteiger partial charge < -0.3 is 19.7 Å². The normalized spacial score (nSPS) is 36.2. The molecule has 2 saturated carbocycles. The minimum absolute atomic E-state index is 0.0428. The highest BCUT2D eigenvalue weighted by Gasteiger charge is 2.72. The zero-order valence-electron chi connectivity index (χ0n) is 19.1. The van der Waals surface area contributed by atoms with E-state index in [0.717, 1.165) is 61.8 Å². The number of rotatable bonds is 6. The second-order valence-corrected chi connectivity index (χ2v) is 11.0. The lowest BCUT2D eigenvalue weighted by atomic mass is 9.47. The van der Waals surface area contributed by atoms with Crippen molar-refractivity contribution in [2.24, 2.45) is 11.8 Å². The Labute approximate surface area is 195 Å². The van der Waals surface area contributed by atoms with E-state index in [-0.39, 0.29) is 24.7 Å². The first-order valence-corrected chi connectivity index (χ1v) is 12.7. The summed E-state index contributed by atoms with van der Waals surface area (Å²) in [6, 6.07) is 14.6. The summed E-state index contributed by atoms with van der Waals surface area (Å²) >= 11 is 0. The van der Waals surface area contributed by atoms with E-state index in [1.165, 1.54) is 24.0 Å². The number of ether oxygens (including phenoxy) is 2. The Hall–Kier alpha value is -2.08. The first-order valence-electron chi connectivity index (χ1n) is 12.7. The van der Waals surface area contributed by atoms with Crippen LogP contribution in [0.3, 0.4) is 0 Å². The third-order valence-corrected chi connectivity index (χ3v) is 9.34. The molecule has 5 atom stereocenters. The lowest BCUT2D eigenvalue weighted by molar-refractivity contribution is -0.200. The Morgan fingerprint density at radius 2 is 1.91 bits per heavy atom. The van der Waals surface area contributed by atoms with Crippen LogP contribution in [0.25, 0.3) is 0 Å². The fourth-order valence-corrected chi connectivity index (χ4v) is 7.61. The van der Waals surface area contributed by atoms with Crippen LogP contribution in [-0.4, -0.2) is 52.6 Å². The lowest BCUT2D eigenvalue weighted by Gasteiger charge is -2.64. The topological polar surface area (TPSA) is 62.2 Å². The Kier molecular flexibility index (Phi) is 4.44. The number of benzene rings is 2. The first-order chi connectivity index (χ1) is 16.1. The fraction of sp³-hybridized carbons (Fsp3) is 0.571. The highest BCUT2D eigenvalue weighted by atomic mass is 16.5. The van der Waals surface area contributed by atoms with Crippen molar-refractivity contribution in [2.75, 3.05) is 19.7 Å². The molecule has 2 aliphatic heterocycles. The predicted octanol–water partition coefficient (Wildman–Crippen LogP) is 3.44. The molecule has 2 bridgehead atoms. The number of nitrogens with zero attached hydrogens (tertiary/aromatic N) is 1. The van der Waals surface area contributed by atoms with Gasteiger partial charge in [-0.2, -0.15) is 0 Å². The van der Waals surface area contributed by atoms with Gasteiger partial charge >= 0.3 is 0 Å². The van der Waals surface area contributed by atoms with E-state index >= 15 is 0 Å². The maximum Gasteiger partial charge on any atom is 0.165 e. The average Bonchev–Trinajstić information content (AvgIpc) is 3.58. The van der Waals surface area contributed by atoms with Crippen LogP contribution in [0.2, 0.25) is 0 Å². The van der Waals surface area contributed by atoms with Crippen LogP contribution >= 0.6 is 0 Å². The van der Waals surface area contributed by atoms with Gasteiger partial charge in [0.25, 0.3) is 0 Å². The summed E-state index contributed by atoms with van der Waals surface area (Å²) < 4.78 is 13.0. The molecule has 5 nitrogen and oxygen atoms in total. The molecule has 1 saturated heterocycles. The smallest absolute Gasteiger partial charge is 0.165 e. The average molecular weight is 448 g/mol. The minimum Gasteiger partial charge on any atom is -0.485 e. The van der Waals surface area contributed by atoms with Crippen molar-refractivity contribution < 1.29 is 19.7 Å². The maximum absolute atomic E-state index is 12.5. The Morgan fingerprint density at radius 1 is 1.06 bits per heavy atom. The van der Waals surface area contributed by atoms with Crippen LogP contribution in [0.1, 0.15) is 48.8 Å². The summed E-state index contributed by atoms with van der Waals surface area (Å²) in [5.41, 5.74) is 2.34. The molecule has 1 spiro atoms. The minimum atomic E-state index is -0.813. The van der Waals surface area contributed by atoms with E-state index in [2.05, 4.69) is 29.2 Å². The molecule has 33 heavy (non-hydrogen) atoms. The van der Waals surface area contributed by atoms with Crippen molar-refractivity contribution in [1.82, 2.24) is 4.90 Å². The quantitative estimate of drug-likeness (QED) is 0.710. The van der Waals surface area contributed by atoms with Gasteiger partial charge in [0.05, 0.1) is 11.0 Å². The standard InChI is InChI=1S/C28H33NO4/c30-16-21-10-11-28(31)23-14-20-8-9-22(32-17-19-4-2-1-3-5-19)25-24(20)27(28,26(21)33-25)12-13-29(23)15-18-6-7-18/h1-5,8-9,18,21,23,26,30-31H,6-7,10-17H2/t21-,23-,26+,27+,28-/m1/s1. The van der Waals surface area contributed by atoms with E-state index in [0.29, 0.717) is 6.61 Å². The number of hydrogen-bond acceptors (Lipinski definition) is 5. The highest BCUT2D eigenvalue weighted by Crippen LogP contribution is 2.66. The van der Waals surface area contributed by atoms with Gasteiger partial charge in [0.1, 0.15) is 12.7 Å². The molecule has 3 fully saturated rings. The van der Waals surface area contributed by atoms with Gasteiger partial charge in [-0.3, -0.25) is 4.90 Å². The molecule has 0 unspecified atom stereocenters. The van der Waals surface area contributed by atoms with Crippen molar-refractivity contribution in [2.45, 2.75) is 68.3 Å². The zero-order valence-corrected chi connectivity index (χ0v) is 19.1. The molecule has 3 aliphatic carbocycles. The van der Waals surface area contributed by atoms with Crippen LogP contribution in [0.5, 0.6) is 11.5 Å². The van der Waals surface area contributed by atoms with Crippen LogP contribution in [0.4, 0.5) is 0 Å². The molecule has 2 N–H and O–H groups in total.